The van der Waals surface area contributed by atoms with E-state index in [4.69, 9.17) is 0 Å². The molecule has 0 aliphatic carbocycles. The molecule has 7 heteroatoms. The molecule has 1 N–H and O–H groups in total. The van der Waals surface area contributed by atoms with E-state index in [2.05, 4.69) is 10.1 Å². The Kier molecular flexibility index (Phi) is 5.39. The van der Waals surface area contributed by atoms with E-state index in [0.717, 1.165) is 16.8 Å². The van der Waals surface area contributed by atoms with E-state index in [1.54, 1.807) is 4.90 Å². The maximum Gasteiger partial charge on any atom is 0.387 e. The minimum atomic E-state index is -2.90. The average Bonchev–Trinajstić information content (AvgIpc) is 3.00. The molecule has 2 aromatic rings. The Morgan fingerprint density at radius 3 is 2.56 bits per heavy atom. The van der Waals surface area contributed by atoms with Crippen molar-refractivity contribution >= 4 is 23.2 Å². The predicted molar refractivity (Wildman–Crippen MR) is 98.1 cm³/mol. The fourth-order valence-electron chi connectivity index (χ4n) is 3.11. The number of aryl methyl sites for hydroxylation is 1. The van der Waals surface area contributed by atoms with E-state index >= 15 is 0 Å². The average molecular weight is 374 g/mol. The molecule has 142 valence electrons. The number of rotatable bonds is 5. The van der Waals surface area contributed by atoms with Gasteiger partial charge in [-0.15, -0.1) is 0 Å². The van der Waals surface area contributed by atoms with Crippen molar-refractivity contribution in [2.24, 2.45) is 5.92 Å². The molecule has 2 aromatic carbocycles. The molecule has 0 spiro atoms. The summed E-state index contributed by atoms with van der Waals surface area (Å²) < 4.78 is 28.6. The van der Waals surface area contributed by atoms with Crippen molar-refractivity contribution in [3.63, 3.8) is 0 Å². The lowest BCUT2D eigenvalue weighted by Gasteiger charge is -2.20. The van der Waals surface area contributed by atoms with Crippen molar-refractivity contribution in [1.82, 2.24) is 0 Å². The fraction of sp³-hybridized carbons (Fsp3) is 0.300. The Balaban J connectivity index is 1.66. The highest BCUT2D eigenvalue weighted by Gasteiger charge is 2.35. The number of ether oxygens (including phenoxy) is 1. The van der Waals surface area contributed by atoms with Gasteiger partial charge in [0.05, 0.1) is 5.92 Å². The van der Waals surface area contributed by atoms with Gasteiger partial charge < -0.3 is 15.0 Å². The number of nitrogens with zero attached hydrogens (tertiary/aromatic N) is 1. The number of hydrogen-bond donors (Lipinski definition) is 1. The lowest BCUT2D eigenvalue weighted by Crippen LogP contribution is -2.28. The summed E-state index contributed by atoms with van der Waals surface area (Å²) in [5.74, 6) is -0.835. The summed E-state index contributed by atoms with van der Waals surface area (Å²) in [5, 5.41) is 2.72. The van der Waals surface area contributed by atoms with Crippen LogP contribution in [0.25, 0.3) is 0 Å². The normalized spacial score (nSPS) is 16.7. The second kappa shape index (κ2) is 7.73. The molecule has 1 aliphatic heterocycles. The largest absolute Gasteiger partial charge is 0.435 e. The first-order chi connectivity index (χ1) is 12.8. The lowest BCUT2D eigenvalue weighted by atomic mass is 10.1. The first-order valence-corrected chi connectivity index (χ1v) is 8.57. The van der Waals surface area contributed by atoms with Crippen molar-refractivity contribution < 1.29 is 23.1 Å². The minimum Gasteiger partial charge on any atom is -0.435 e. The Morgan fingerprint density at radius 2 is 1.89 bits per heavy atom. The molecule has 3 rings (SSSR count). The standard InChI is InChI=1S/C20H20F2N2O3/c1-12-4-3-5-17(13(12)2)24-11-14(10-18(24)25)19(26)23-15-6-8-16(9-7-15)27-20(21)22/h3-9,14,20H,10-11H2,1-2H3,(H,23,26)/t14-/m0/s1. The van der Waals surface area contributed by atoms with E-state index in [9.17, 15) is 18.4 Å². The van der Waals surface area contributed by atoms with E-state index < -0.39 is 12.5 Å². The maximum atomic E-state index is 12.5. The summed E-state index contributed by atoms with van der Waals surface area (Å²) >= 11 is 0. The SMILES string of the molecule is Cc1cccc(N2C[C@@H](C(=O)Nc3ccc(OC(F)F)cc3)CC2=O)c1C. The molecule has 27 heavy (non-hydrogen) atoms. The first kappa shape index (κ1) is 18.8. The molecule has 1 atom stereocenters. The van der Waals surface area contributed by atoms with Gasteiger partial charge in [-0.3, -0.25) is 9.59 Å². The van der Waals surface area contributed by atoms with Crippen LogP contribution in [-0.2, 0) is 9.59 Å². The number of amides is 2. The molecular weight excluding hydrogens is 354 g/mol. The van der Waals surface area contributed by atoms with Gasteiger partial charge in [-0.1, -0.05) is 12.1 Å². The number of alkyl halides is 2. The summed E-state index contributed by atoms with van der Waals surface area (Å²) in [7, 11) is 0. The number of anilines is 2. The van der Waals surface area contributed by atoms with Gasteiger partial charge >= 0.3 is 6.61 Å². The third kappa shape index (κ3) is 4.24. The molecule has 1 heterocycles. The van der Waals surface area contributed by atoms with Crippen LogP contribution in [0.2, 0.25) is 0 Å². The highest BCUT2D eigenvalue weighted by atomic mass is 19.3. The molecular formula is C20H20F2N2O3. The van der Waals surface area contributed by atoms with Crippen LogP contribution in [-0.4, -0.2) is 25.0 Å². The molecule has 0 radical (unpaired) electrons. The lowest BCUT2D eigenvalue weighted by molar-refractivity contribution is -0.122. The summed E-state index contributed by atoms with van der Waals surface area (Å²) in [4.78, 5) is 26.6. The van der Waals surface area contributed by atoms with Crippen LogP contribution in [0.1, 0.15) is 17.5 Å². The molecule has 2 amide bonds. The van der Waals surface area contributed by atoms with Gasteiger partial charge in [-0.25, -0.2) is 0 Å². The van der Waals surface area contributed by atoms with Gasteiger partial charge in [-0.2, -0.15) is 8.78 Å². The molecule has 0 unspecified atom stereocenters. The molecule has 1 aliphatic rings. The van der Waals surface area contributed by atoms with Crippen molar-refractivity contribution in [1.29, 1.82) is 0 Å². The van der Waals surface area contributed by atoms with Crippen LogP contribution in [0, 0.1) is 19.8 Å². The summed E-state index contributed by atoms with van der Waals surface area (Å²) in [6, 6.07) is 11.4. The highest BCUT2D eigenvalue weighted by Crippen LogP contribution is 2.30. The van der Waals surface area contributed by atoms with Gasteiger partial charge in [0.2, 0.25) is 11.8 Å². The van der Waals surface area contributed by atoms with Gasteiger partial charge in [0.1, 0.15) is 5.75 Å². The number of carbonyl (C=O) groups excluding carboxylic acids is 2. The van der Waals surface area contributed by atoms with Crippen LogP contribution in [0.5, 0.6) is 5.75 Å². The van der Waals surface area contributed by atoms with Crippen LogP contribution < -0.4 is 15.0 Å². The number of halogens is 2. The Morgan fingerprint density at radius 1 is 1.19 bits per heavy atom. The summed E-state index contributed by atoms with van der Waals surface area (Å²) in [6.45, 7) is 1.34. The molecule has 5 nitrogen and oxygen atoms in total. The van der Waals surface area contributed by atoms with Gasteiger partial charge in [0, 0.05) is 24.3 Å². The summed E-state index contributed by atoms with van der Waals surface area (Å²) in [5.41, 5.74) is 3.38. The zero-order valence-electron chi connectivity index (χ0n) is 15.0. The highest BCUT2D eigenvalue weighted by molar-refractivity contribution is 6.03. The van der Waals surface area contributed by atoms with Gasteiger partial charge in [0.25, 0.3) is 0 Å². The second-order valence-corrected chi connectivity index (χ2v) is 6.52. The molecule has 0 aromatic heterocycles. The van der Waals surface area contributed by atoms with Crippen LogP contribution >= 0.6 is 0 Å². The molecule has 0 saturated carbocycles. The van der Waals surface area contributed by atoms with E-state index in [-0.39, 0.29) is 24.0 Å². The number of benzene rings is 2. The van der Waals surface area contributed by atoms with Crippen LogP contribution in [0.15, 0.2) is 42.5 Å². The topological polar surface area (TPSA) is 58.6 Å². The van der Waals surface area contributed by atoms with Gasteiger partial charge in [0.15, 0.2) is 0 Å². The van der Waals surface area contributed by atoms with Crippen LogP contribution in [0.3, 0.4) is 0 Å². The van der Waals surface area contributed by atoms with Crippen molar-refractivity contribution in [3.05, 3.63) is 53.6 Å². The van der Waals surface area contributed by atoms with E-state index in [1.165, 1.54) is 24.3 Å². The second-order valence-electron chi connectivity index (χ2n) is 6.52. The Labute approximate surface area is 155 Å². The zero-order chi connectivity index (χ0) is 19.6. The zero-order valence-corrected chi connectivity index (χ0v) is 15.0. The van der Waals surface area contributed by atoms with E-state index in [0.29, 0.717) is 12.2 Å². The van der Waals surface area contributed by atoms with Gasteiger partial charge in [-0.05, 0) is 55.3 Å². The summed E-state index contributed by atoms with van der Waals surface area (Å²) in [6.07, 6.45) is 0.131. The predicted octanol–water partition coefficient (Wildman–Crippen LogP) is 3.90. The van der Waals surface area contributed by atoms with Crippen molar-refractivity contribution in [2.75, 3.05) is 16.8 Å². The Hall–Kier alpha value is -2.96. The first-order valence-electron chi connectivity index (χ1n) is 8.57. The minimum absolute atomic E-state index is 0.0140. The molecule has 0 bridgehead atoms. The molecule has 1 fully saturated rings. The third-order valence-corrected chi connectivity index (χ3v) is 4.71. The smallest absolute Gasteiger partial charge is 0.387 e. The third-order valence-electron chi connectivity index (χ3n) is 4.71. The van der Waals surface area contributed by atoms with E-state index in [1.807, 2.05) is 32.0 Å². The quantitative estimate of drug-likeness (QED) is 0.864. The van der Waals surface area contributed by atoms with Crippen molar-refractivity contribution in [2.45, 2.75) is 26.9 Å². The number of nitrogens with one attached hydrogen (secondary N) is 1. The number of hydrogen-bond acceptors (Lipinski definition) is 3. The monoisotopic (exact) mass is 374 g/mol. The van der Waals surface area contributed by atoms with Crippen molar-refractivity contribution in [3.8, 4) is 5.75 Å². The van der Waals surface area contributed by atoms with Crippen LogP contribution in [0.4, 0.5) is 20.2 Å². The number of carbonyl (C=O) groups is 2. The maximum absolute atomic E-state index is 12.5. The molecule has 1 saturated heterocycles. The Bertz CT molecular complexity index is 853. The fourth-order valence-corrected chi connectivity index (χ4v) is 3.11.